The van der Waals surface area contributed by atoms with Gasteiger partial charge in [-0.3, -0.25) is 0 Å². The molecule has 0 fully saturated rings. The van der Waals surface area contributed by atoms with Crippen molar-refractivity contribution in [3.63, 3.8) is 0 Å². The molecule has 0 amide bonds. The van der Waals surface area contributed by atoms with Gasteiger partial charge in [-0.25, -0.2) is 0 Å². The first-order chi connectivity index (χ1) is 21.3. The number of hydrogen-bond donors (Lipinski definition) is 0. The van der Waals surface area contributed by atoms with E-state index in [1.807, 2.05) is 0 Å². The second-order valence-electron chi connectivity index (χ2n) is 11.3. The van der Waals surface area contributed by atoms with Gasteiger partial charge in [0.1, 0.15) is 0 Å². The van der Waals surface area contributed by atoms with Gasteiger partial charge in [0, 0.05) is 27.2 Å². The molecule has 0 atom stereocenters. The van der Waals surface area contributed by atoms with Crippen LogP contribution < -0.4 is 0 Å². The van der Waals surface area contributed by atoms with Crippen molar-refractivity contribution in [2.45, 2.75) is 0 Å². The molecule has 0 spiro atoms. The van der Waals surface area contributed by atoms with Crippen LogP contribution in [0.4, 0.5) is 0 Å². The molecule has 0 aliphatic rings. The fourth-order valence-electron chi connectivity index (χ4n) is 7.02. The number of rotatable bonds is 3. The van der Waals surface area contributed by atoms with E-state index in [1.54, 1.807) is 0 Å². The molecule has 9 rings (SSSR count). The maximum Gasteiger partial charge on any atom is 0.0626 e. The number of para-hydroxylation sites is 1. The normalized spacial score (nSPS) is 11.7. The van der Waals surface area contributed by atoms with Crippen LogP contribution in [0, 0.1) is 0 Å². The molecule has 1 nitrogen and oxygen atoms in total. The zero-order valence-electron chi connectivity index (χ0n) is 23.5. The maximum absolute atomic E-state index is 2.47. The topological polar surface area (TPSA) is 4.93 Å². The van der Waals surface area contributed by atoms with Crippen molar-refractivity contribution < 1.29 is 0 Å². The molecule has 9 aromatic rings. The van der Waals surface area contributed by atoms with Crippen LogP contribution in [-0.4, -0.2) is 4.57 Å². The van der Waals surface area contributed by atoms with Crippen LogP contribution in [0.5, 0.6) is 0 Å². The number of fused-ring (bicyclic) bond motifs is 10. The van der Waals surface area contributed by atoms with Crippen molar-refractivity contribution >= 4 is 54.1 Å². The lowest BCUT2D eigenvalue weighted by molar-refractivity contribution is 1.19. The Kier molecular flexibility index (Phi) is 5.27. The van der Waals surface area contributed by atoms with E-state index < -0.39 is 0 Å². The van der Waals surface area contributed by atoms with Gasteiger partial charge in [0.2, 0.25) is 0 Å². The summed E-state index contributed by atoms with van der Waals surface area (Å²) in [5, 5.41) is 10.4. The van der Waals surface area contributed by atoms with Crippen LogP contribution in [0.1, 0.15) is 0 Å². The second-order valence-corrected chi connectivity index (χ2v) is 11.3. The monoisotopic (exact) mass is 545 g/mol. The van der Waals surface area contributed by atoms with Gasteiger partial charge in [0.15, 0.2) is 0 Å². The molecule has 200 valence electrons. The summed E-state index contributed by atoms with van der Waals surface area (Å²) in [6.45, 7) is 0. The second kappa shape index (κ2) is 9.44. The van der Waals surface area contributed by atoms with Crippen molar-refractivity contribution in [2.75, 3.05) is 0 Å². The van der Waals surface area contributed by atoms with Crippen molar-refractivity contribution in [1.82, 2.24) is 4.57 Å². The summed E-state index contributed by atoms with van der Waals surface area (Å²) in [5.74, 6) is 0. The highest BCUT2D eigenvalue weighted by atomic mass is 15.0. The summed E-state index contributed by atoms with van der Waals surface area (Å²) in [4.78, 5) is 0. The Balaban J connectivity index is 1.32. The largest absolute Gasteiger partial charge is 0.309 e. The fraction of sp³-hybridized carbons (Fsp3) is 0. The molecular formula is C42H27N. The minimum Gasteiger partial charge on any atom is -0.309 e. The molecule has 0 saturated heterocycles. The molecule has 8 aromatic carbocycles. The Morgan fingerprint density at radius 2 is 0.930 bits per heavy atom. The quantitative estimate of drug-likeness (QED) is 0.195. The molecule has 0 unspecified atom stereocenters. The van der Waals surface area contributed by atoms with Gasteiger partial charge >= 0.3 is 0 Å². The summed E-state index contributed by atoms with van der Waals surface area (Å²) >= 11 is 0. The first kappa shape index (κ1) is 24.0. The van der Waals surface area contributed by atoms with Crippen molar-refractivity contribution in [3.8, 4) is 27.9 Å². The van der Waals surface area contributed by atoms with Gasteiger partial charge in [0.25, 0.3) is 0 Å². The van der Waals surface area contributed by atoms with Crippen molar-refractivity contribution in [3.05, 3.63) is 164 Å². The average molecular weight is 546 g/mol. The standard InChI is InChI=1S/C42H27N/c1-2-11-28(12-3-1)31-14-10-15-32(27-31)29-21-24-33(25-22-29)43-39-20-9-8-19-38(39)41-40-34-16-5-4-13-30(34)23-26-36(40)35-17-6-7-18-37(35)42(41)43/h1-27H. The Morgan fingerprint density at radius 3 is 1.72 bits per heavy atom. The molecule has 1 aromatic heterocycles. The minimum absolute atomic E-state index is 1.17. The van der Waals surface area contributed by atoms with Crippen LogP contribution in [0.15, 0.2) is 164 Å². The zero-order valence-corrected chi connectivity index (χ0v) is 23.5. The van der Waals surface area contributed by atoms with Crippen LogP contribution in [0.3, 0.4) is 0 Å². The van der Waals surface area contributed by atoms with Gasteiger partial charge in [0.05, 0.1) is 11.0 Å². The lowest BCUT2D eigenvalue weighted by Crippen LogP contribution is -1.95. The van der Waals surface area contributed by atoms with Gasteiger partial charge in [-0.05, 0) is 68.1 Å². The van der Waals surface area contributed by atoms with Gasteiger partial charge in [-0.15, -0.1) is 0 Å². The van der Waals surface area contributed by atoms with E-state index in [0.29, 0.717) is 0 Å². The molecular weight excluding hydrogens is 518 g/mol. The highest BCUT2D eigenvalue weighted by Gasteiger charge is 2.20. The van der Waals surface area contributed by atoms with Crippen LogP contribution in [0.2, 0.25) is 0 Å². The van der Waals surface area contributed by atoms with Crippen molar-refractivity contribution in [2.24, 2.45) is 0 Å². The van der Waals surface area contributed by atoms with Crippen LogP contribution in [0.25, 0.3) is 82.1 Å². The average Bonchev–Trinajstić information content (AvgIpc) is 3.44. The van der Waals surface area contributed by atoms with Crippen LogP contribution >= 0.6 is 0 Å². The van der Waals surface area contributed by atoms with E-state index in [0.717, 1.165) is 0 Å². The minimum atomic E-state index is 1.17. The molecule has 0 aliphatic heterocycles. The van der Waals surface area contributed by atoms with Gasteiger partial charge in [-0.2, -0.15) is 0 Å². The summed E-state index contributed by atoms with van der Waals surface area (Å²) in [6.07, 6.45) is 0. The summed E-state index contributed by atoms with van der Waals surface area (Å²) in [6, 6.07) is 59.6. The summed E-state index contributed by atoms with van der Waals surface area (Å²) in [7, 11) is 0. The fourth-order valence-corrected chi connectivity index (χ4v) is 7.02. The van der Waals surface area contributed by atoms with E-state index in [2.05, 4.69) is 168 Å². The summed E-state index contributed by atoms with van der Waals surface area (Å²) in [5.41, 5.74) is 8.55. The molecule has 0 radical (unpaired) electrons. The predicted molar refractivity (Wildman–Crippen MR) is 184 cm³/mol. The lowest BCUT2D eigenvalue weighted by Gasteiger charge is -2.14. The molecule has 0 aliphatic carbocycles. The SMILES string of the molecule is c1ccc(-c2cccc(-c3ccc(-n4c5ccccc5c5c6c7ccccc7ccc6c6ccccc6c54)cc3)c2)cc1. The molecule has 1 heteroatoms. The smallest absolute Gasteiger partial charge is 0.0626 e. The Hall–Kier alpha value is -5.66. The van der Waals surface area contributed by atoms with E-state index in [4.69, 9.17) is 0 Å². The molecule has 43 heavy (non-hydrogen) atoms. The number of aromatic nitrogens is 1. The van der Waals surface area contributed by atoms with Gasteiger partial charge < -0.3 is 4.57 Å². The third kappa shape index (κ3) is 3.65. The molecule has 1 heterocycles. The zero-order chi connectivity index (χ0) is 28.3. The Bertz CT molecular complexity index is 2480. The third-order valence-corrected chi connectivity index (χ3v) is 8.95. The van der Waals surface area contributed by atoms with E-state index in [9.17, 15) is 0 Å². The number of hydrogen-bond acceptors (Lipinski definition) is 0. The Labute approximate surface area is 249 Å². The number of nitrogens with zero attached hydrogens (tertiary/aromatic N) is 1. The third-order valence-electron chi connectivity index (χ3n) is 8.95. The maximum atomic E-state index is 2.47. The molecule has 0 N–H and O–H groups in total. The Morgan fingerprint density at radius 1 is 0.326 bits per heavy atom. The summed E-state index contributed by atoms with van der Waals surface area (Å²) < 4.78 is 2.47. The first-order valence-electron chi connectivity index (χ1n) is 14.9. The molecule has 0 bridgehead atoms. The first-order valence-corrected chi connectivity index (χ1v) is 14.9. The van der Waals surface area contributed by atoms with Crippen LogP contribution in [-0.2, 0) is 0 Å². The lowest BCUT2D eigenvalue weighted by atomic mass is 9.93. The van der Waals surface area contributed by atoms with Crippen molar-refractivity contribution in [1.29, 1.82) is 0 Å². The predicted octanol–water partition coefficient (Wildman–Crippen LogP) is 11.6. The number of benzene rings is 8. The highest BCUT2D eigenvalue weighted by molar-refractivity contribution is 6.36. The van der Waals surface area contributed by atoms with Gasteiger partial charge in [-0.1, -0.05) is 140 Å². The van der Waals surface area contributed by atoms with E-state index >= 15 is 0 Å². The van der Waals surface area contributed by atoms with E-state index in [1.165, 1.54) is 82.1 Å². The molecule has 0 saturated carbocycles. The van der Waals surface area contributed by atoms with E-state index in [-0.39, 0.29) is 0 Å². The highest BCUT2D eigenvalue weighted by Crippen LogP contribution is 2.44.